The Kier molecular flexibility index (Phi) is 4.27. The van der Waals surface area contributed by atoms with Gasteiger partial charge in [-0.3, -0.25) is 9.36 Å². The predicted molar refractivity (Wildman–Crippen MR) is 109 cm³/mol. The molecule has 2 heterocycles. The van der Waals surface area contributed by atoms with Crippen molar-refractivity contribution >= 4 is 11.7 Å². The van der Waals surface area contributed by atoms with Crippen LogP contribution in [-0.4, -0.2) is 25.5 Å². The predicted octanol–water partition coefficient (Wildman–Crippen LogP) is 3.11. The molecular formula is C22H21N5O2. The summed E-state index contributed by atoms with van der Waals surface area (Å²) in [6, 6.07) is 11.4. The number of phenolic OH excluding ortho intramolecular Hbond substituents is 1. The highest BCUT2D eigenvalue weighted by molar-refractivity contribution is 5.93. The number of fused-ring (bicyclic) bond motifs is 1. The van der Waals surface area contributed by atoms with Crippen LogP contribution in [0.3, 0.4) is 0 Å². The smallest absolute Gasteiger partial charge is 0.290 e. The average Bonchev–Trinajstić information content (AvgIpc) is 3.26. The Balaban J connectivity index is 1.83. The molecule has 0 saturated carbocycles. The summed E-state index contributed by atoms with van der Waals surface area (Å²) in [6.07, 6.45) is 0. The van der Waals surface area contributed by atoms with E-state index in [4.69, 9.17) is 5.73 Å². The van der Waals surface area contributed by atoms with Crippen molar-refractivity contribution in [3.8, 4) is 17.5 Å². The number of hydrogen-bond acceptors (Lipinski definition) is 5. The number of aromatic nitrogens is 2. The van der Waals surface area contributed by atoms with E-state index in [1.54, 1.807) is 24.0 Å². The lowest BCUT2D eigenvalue weighted by atomic mass is 10.1. The summed E-state index contributed by atoms with van der Waals surface area (Å²) in [6.45, 7) is 6.57. The minimum absolute atomic E-state index is 0.0111. The van der Waals surface area contributed by atoms with Crippen molar-refractivity contribution in [1.29, 1.82) is 5.26 Å². The number of carbonyl (C=O) groups excluding carboxylic acids is 1. The molecule has 1 amide bonds. The van der Waals surface area contributed by atoms with E-state index in [0.29, 0.717) is 24.3 Å². The number of nitriles is 1. The number of nitrogens with two attached hydrogens (primary N) is 1. The number of anilines is 1. The monoisotopic (exact) mass is 387 g/mol. The summed E-state index contributed by atoms with van der Waals surface area (Å²) in [5.41, 5.74) is 11.5. The number of nitrogen functional groups attached to an aromatic ring is 1. The molecule has 0 fully saturated rings. The van der Waals surface area contributed by atoms with Gasteiger partial charge in [-0.1, -0.05) is 29.8 Å². The fourth-order valence-electron chi connectivity index (χ4n) is 3.86. The van der Waals surface area contributed by atoms with E-state index in [9.17, 15) is 15.2 Å². The Labute approximate surface area is 168 Å². The molecule has 7 nitrogen and oxygen atoms in total. The molecule has 0 bridgehead atoms. The maximum Gasteiger partial charge on any atom is 0.290 e. The van der Waals surface area contributed by atoms with E-state index in [-0.39, 0.29) is 29.0 Å². The number of amides is 1. The van der Waals surface area contributed by atoms with Crippen molar-refractivity contribution < 1.29 is 9.90 Å². The fraction of sp³-hybridized carbons (Fsp3) is 0.227. The van der Waals surface area contributed by atoms with Crippen LogP contribution in [0.2, 0.25) is 0 Å². The van der Waals surface area contributed by atoms with Gasteiger partial charge in [0.05, 0.1) is 5.69 Å². The molecule has 29 heavy (non-hydrogen) atoms. The van der Waals surface area contributed by atoms with Gasteiger partial charge in [-0.2, -0.15) is 5.26 Å². The summed E-state index contributed by atoms with van der Waals surface area (Å²) in [7, 11) is 0. The Bertz CT molecular complexity index is 1200. The SMILES string of the molecule is Cc1ccc2c(c1)CN(C(=O)c1nc(C#N)c(N)n1-c1c(C)ccc(O)c1C)C2. The number of benzene rings is 2. The first kappa shape index (κ1) is 18.6. The Morgan fingerprint density at radius 3 is 2.62 bits per heavy atom. The third-order valence-corrected chi connectivity index (χ3v) is 5.41. The minimum Gasteiger partial charge on any atom is -0.508 e. The molecule has 1 aromatic heterocycles. The van der Waals surface area contributed by atoms with Gasteiger partial charge < -0.3 is 15.7 Å². The van der Waals surface area contributed by atoms with E-state index in [1.165, 1.54) is 4.57 Å². The highest BCUT2D eigenvalue weighted by Gasteiger charge is 2.31. The van der Waals surface area contributed by atoms with Crippen molar-refractivity contribution in [3.63, 3.8) is 0 Å². The third kappa shape index (κ3) is 2.90. The molecular weight excluding hydrogens is 366 g/mol. The van der Waals surface area contributed by atoms with Crippen LogP contribution in [-0.2, 0) is 13.1 Å². The van der Waals surface area contributed by atoms with Crippen LogP contribution in [0.1, 0.15) is 44.1 Å². The van der Waals surface area contributed by atoms with Crippen molar-refractivity contribution in [1.82, 2.24) is 14.5 Å². The molecule has 0 spiro atoms. The zero-order valence-corrected chi connectivity index (χ0v) is 16.5. The topological polar surface area (TPSA) is 108 Å². The van der Waals surface area contributed by atoms with Crippen molar-refractivity contribution in [2.75, 3.05) is 5.73 Å². The molecule has 1 aliphatic rings. The number of hydrogen-bond donors (Lipinski definition) is 2. The van der Waals surface area contributed by atoms with Crippen molar-refractivity contribution in [2.24, 2.45) is 0 Å². The van der Waals surface area contributed by atoms with Gasteiger partial charge in [0, 0.05) is 18.7 Å². The number of imidazole rings is 1. The third-order valence-electron chi connectivity index (χ3n) is 5.41. The number of nitrogens with zero attached hydrogens (tertiary/aromatic N) is 4. The van der Waals surface area contributed by atoms with Crippen molar-refractivity contribution in [2.45, 2.75) is 33.9 Å². The van der Waals surface area contributed by atoms with Crippen LogP contribution in [0.25, 0.3) is 5.69 Å². The maximum atomic E-state index is 13.4. The molecule has 4 rings (SSSR count). The molecule has 3 N–H and O–H groups in total. The van der Waals surface area contributed by atoms with Crippen LogP contribution >= 0.6 is 0 Å². The average molecular weight is 387 g/mol. The van der Waals surface area contributed by atoms with E-state index >= 15 is 0 Å². The standard InChI is InChI=1S/C22H21N5O2/c1-12-4-6-15-10-26(11-16(15)8-12)22(29)21-25-17(9-23)20(24)27(21)19-13(2)5-7-18(28)14(19)3/h4-8,28H,10-11,24H2,1-3H3. The number of carbonyl (C=O) groups is 1. The van der Waals surface area contributed by atoms with Gasteiger partial charge in [0.2, 0.25) is 5.82 Å². The summed E-state index contributed by atoms with van der Waals surface area (Å²) in [4.78, 5) is 19.3. The summed E-state index contributed by atoms with van der Waals surface area (Å²) in [5, 5.41) is 19.6. The van der Waals surface area contributed by atoms with E-state index in [1.807, 2.05) is 32.0 Å². The quantitative estimate of drug-likeness (QED) is 0.702. The van der Waals surface area contributed by atoms with Crippen molar-refractivity contribution in [3.05, 3.63) is 69.7 Å². The van der Waals surface area contributed by atoms with E-state index < -0.39 is 0 Å². The Morgan fingerprint density at radius 1 is 1.17 bits per heavy atom. The molecule has 0 radical (unpaired) electrons. The molecule has 0 unspecified atom stereocenters. The second kappa shape index (κ2) is 6.67. The lowest BCUT2D eigenvalue weighted by Gasteiger charge is -2.19. The maximum absolute atomic E-state index is 13.4. The van der Waals surface area contributed by atoms with Gasteiger partial charge in [-0.25, -0.2) is 4.98 Å². The highest BCUT2D eigenvalue weighted by Crippen LogP contribution is 2.32. The van der Waals surface area contributed by atoms with E-state index in [0.717, 1.165) is 22.3 Å². The number of phenols is 1. The second-order valence-corrected chi connectivity index (χ2v) is 7.43. The van der Waals surface area contributed by atoms with Crippen LogP contribution in [0.4, 0.5) is 5.82 Å². The lowest BCUT2D eigenvalue weighted by Crippen LogP contribution is -2.28. The lowest BCUT2D eigenvalue weighted by molar-refractivity contribution is 0.0737. The van der Waals surface area contributed by atoms with E-state index in [2.05, 4.69) is 11.1 Å². The van der Waals surface area contributed by atoms with Crippen LogP contribution in [0, 0.1) is 32.1 Å². The zero-order valence-electron chi connectivity index (χ0n) is 16.5. The van der Waals surface area contributed by atoms with Gasteiger partial charge in [-0.05, 0) is 43.5 Å². The largest absolute Gasteiger partial charge is 0.508 e. The van der Waals surface area contributed by atoms with Gasteiger partial charge >= 0.3 is 0 Å². The van der Waals surface area contributed by atoms with Crippen LogP contribution in [0.15, 0.2) is 30.3 Å². The van der Waals surface area contributed by atoms with Gasteiger partial charge in [0.1, 0.15) is 17.6 Å². The molecule has 3 aromatic rings. The van der Waals surface area contributed by atoms with Crippen LogP contribution < -0.4 is 5.73 Å². The summed E-state index contributed by atoms with van der Waals surface area (Å²) < 4.78 is 1.49. The molecule has 0 saturated heterocycles. The highest BCUT2D eigenvalue weighted by atomic mass is 16.3. The zero-order chi connectivity index (χ0) is 20.9. The van der Waals surface area contributed by atoms with Gasteiger partial charge in [0.15, 0.2) is 5.69 Å². The summed E-state index contributed by atoms with van der Waals surface area (Å²) >= 11 is 0. The number of aromatic hydroxyl groups is 1. The van der Waals surface area contributed by atoms with Gasteiger partial charge in [0.25, 0.3) is 5.91 Å². The molecule has 0 atom stereocenters. The first-order chi connectivity index (χ1) is 13.8. The minimum atomic E-state index is -0.311. The first-order valence-corrected chi connectivity index (χ1v) is 9.27. The second-order valence-electron chi connectivity index (χ2n) is 7.43. The fourth-order valence-corrected chi connectivity index (χ4v) is 3.86. The molecule has 2 aromatic carbocycles. The molecule has 146 valence electrons. The normalized spacial score (nSPS) is 12.7. The van der Waals surface area contributed by atoms with Gasteiger partial charge in [-0.15, -0.1) is 0 Å². The first-order valence-electron chi connectivity index (χ1n) is 9.27. The molecule has 7 heteroatoms. The Hall–Kier alpha value is -3.79. The Morgan fingerprint density at radius 2 is 1.90 bits per heavy atom. The summed E-state index contributed by atoms with van der Waals surface area (Å²) in [5.74, 6) is -0.0746. The number of aryl methyl sites for hydroxylation is 2. The van der Waals surface area contributed by atoms with Crippen LogP contribution in [0.5, 0.6) is 5.75 Å². The molecule has 1 aliphatic heterocycles. The molecule has 0 aliphatic carbocycles. The number of rotatable bonds is 2.